The highest BCUT2D eigenvalue weighted by Gasteiger charge is 2.08. The Morgan fingerprint density at radius 3 is 2.59 bits per heavy atom. The molecule has 0 aliphatic heterocycles. The van der Waals surface area contributed by atoms with Crippen LogP contribution in [0.1, 0.15) is 0 Å². The third kappa shape index (κ3) is 4.26. The van der Waals surface area contributed by atoms with Gasteiger partial charge in [-0.3, -0.25) is 0 Å². The Balaban J connectivity index is 2.18. The fraction of sp³-hybridized carbons (Fsp3) is 0.0769. The largest absolute Gasteiger partial charge is 0.366 e. The minimum absolute atomic E-state index is 0.0445. The number of benzene rings is 1. The number of halogens is 1. The highest BCUT2D eigenvalue weighted by Crippen LogP contribution is 2.22. The Hall–Kier alpha value is -1.97. The van der Waals surface area contributed by atoms with Crippen molar-refractivity contribution in [3.05, 3.63) is 47.6 Å². The van der Waals surface area contributed by atoms with Crippen LogP contribution in [-0.2, 0) is 10.0 Å². The van der Waals surface area contributed by atoms with Gasteiger partial charge in [-0.2, -0.15) is 4.98 Å². The molecule has 1 heterocycles. The lowest BCUT2D eigenvalue weighted by Gasteiger charge is -2.09. The predicted molar refractivity (Wildman–Crippen MR) is 89.5 cm³/mol. The monoisotopic (exact) mass is 383 g/mol. The molecule has 1 aromatic carbocycles. The van der Waals surface area contributed by atoms with E-state index in [1.165, 1.54) is 12.1 Å². The van der Waals surface area contributed by atoms with Crippen molar-refractivity contribution in [1.29, 1.82) is 0 Å². The molecule has 2 aromatic rings. The first-order chi connectivity index (χ1) is 10.4. The number of nitrogens with one attached hydrogen (secondary N) is 2. The number of nitrogens with two attached hydrogens (primary N) is 1. The zero-order valence-electron chi connectivity index (χ0n) is 11.5. The second-order valence-corrected chi connectivity index (χ2v) is 6.67. The van der Waals surface area contributed by atoms with Crippen LogP contribution < -0.4 is 15.8 Å². The van der Waals surface area contributed by atoms with Gasteiger partial charge in [0.05, 0.1) is 9.37 Å². The van der Waals surface area contributed by atoms with Gasteiger partial charge in [-0.15, -0.1) is 6.58 Å². The van der Waals surface area contributed by atoms with E-state index in [2.05, 4.69) is 43.1 Å². The van der Waals surface area contributed by atoms with Crippen molar-refractivity contribution in [2.75, 3.05) is 17.2 Å². The van der Waals surface area contributed by atoms with E-state index in [1.54, 1.807) is 24.4 Å². The topological polar surface area (TPSA) is 110 Å². The van der Waals surface area contributed by atoms with Gasteiger partial charge in [-0.1, -0.05) is 6.08 Å². The summed E-state index contributed by atoms with van der Waals surface area (Å²) in [7, 11) is -3.70. The van der Waals surface area contributed by atoms with Crippen LogP contribution >= 0.6 is 15.9 Å². The number of nitrogens with zero attached hydrogens (tertiary/aromatic N) is 2. The van der Waals surface area contributed by atoms with E-state index in [4.69, 9.17) is 5.14 Å². The van der Waals surface area contributed by atoms with Gasteiger partial charge >= 0.3 is 0 Å². The van der Waals surface area contributed by atoms with Crippen LogP contribution in [0.2, 0.25) is 0 Å². The molecule has 0 aliphatic carbocycles. The van der Waals surface area contributed by atoms with Crippen molar-refractivity contribution in [2.24, 2.45) is 5.14 Å². The maximum absolute atomic E-state index is 11.2. The highest BCUT2D eigenvalue weighted by molar-refractivity contribution is 9.10. The van der Waals surface area contributed by atoms with Gasteiger partial charge < -0.3 is 10.6 Å². The van der Waals surface area contributed by atoms with Gasteiger partial charge in [0.15, 0.2) is 0 Å². The van der Waals surface area contributed by atoms with Crippen LogP contribution in [0, 0.1) is 0 Å². The van der Waals surface area contributed by atoms with Crippen molar-refractivity contribution in [3.8, 4) is 0 Å². The molecule has 0 spiro atoms. The molecule has 7 nitrogen and oxygen atoms in total. The molecule has 0 atom stereocenters. The van der Waals surface area contributed by atoms with E-state index in [1.807, 2.05) is 0 Å². The number of primary sulfonamides is 1. The molecule has 0 saturated heterocycles. The standard InChI is InChI=1S/C13H14BrN5O2S/c1-2-7-16-12-11(14)8-17-13(19-12)18-9-3-5-10(6-4-9)22(15,20)21/h2-6,8H,1,7H2,(H2,15,20,21)(H2,16,17,18,19). The quantitative estimate of drug-likeness (QED) is 0.659. The zero-order chi connectivity index (χ0) is 16.2. The van der Waals surface area contributed by atoms with E-state index in [9.17, 15) is 8.42 Å². The van der Waals surface area contributed by atoms with Gasteiger partial charge in [0.1, 0.15) is 5.82 Å². The SMILES string of the molecule is C=CCNc1nc(Nc2ccc(S(N)(=O)=O)cc2)ncc1Br. The van der Waals surface area contributed by atoms with Crippen molar-refractivity contribution in [2.45, 2.75) is 4.90 Å². The molecule has 0 aliphatic rings. The summed E-state index contributed by atoms with van der Waals surface area (Å²) in [5.74, 6) is 0.997. The molecule has 0 unspecified atom stereocenters. The summed E-state index contributed by atoms with van der Waals surface area (Å²) in [6.07, 6.45) is 3.33. The third-order valence-corrected chi connectivity index (χ3v) is 4.11. The maximum atomic E-state index is 11.2. The summed E-state index contributed by atoms with van der Waals surface area (Å²) in [4.78, 5) is 8.49. The minimum Gasteiger partial charge on any atom is -0.366 e. The highest BCUT2D eigenvalue weighted by atomic mass is 79.9. The predicted octanol–water partition coefficient (Wildman–Crippen LogP) is 2.23. The number of hydrogen-bond donors (Lipinski definition) is 3. The molecule has 4 N–H and O–H groups in total. The van der Waals surface area contributed by atoms with Crippen LogP contribution in [0.3, 0.4) is 0 Å². The van der Waals surface area contributed by atoms with Crippen LogP contribution in [0.25, 0.3) is 0 Å². The van der Waals surface area contributed by atoms with E-state index >= 15 is 0 Å². The molecule has 2 rings (SSSR count). The minimum atomic E-state index is -3.70. The molecule has 22 heavy (non-hydrogen) atoms. The Morgan fingerprint density at radius 1 is 1.32 bits per heavy atom. The maximum Gasteiger partial charge on any atom is 0.238 e. The fourth-order valence-electron chi connectivity index (χ4n) is 1.58. The molecule has 0 saturated carbocycles. The zero-order valence-corrected chi connectivity index (χ0v) is 13.9. The van der Waals surface area contributed by atoms with E-state index < -0.39 is 10.0 Å². The summed E-state index contributed by atoms with van der Waals surface area (Å²) in [6.45, 7) is 4.20. The number of anilines is 3. The first kappa shape index (κ1) is 16.4. The van der Waals surface area contributed by atoms with Gasteiger partial charge in [-0.05, 0) is 40.2 Å². The Kier molecular flexibility index (Phi) is 5.11. The third-order valence-electron chi connectivity index (χ3n) is 2.60. The molecular weight excluding hydrogens is 370 g/mol. The first-order valence-corrected chi connectivity index (χ1v) is 8.51. The van der Waals surface area contributed by atoms with Crippen molar-refractivity contribution in [3.63, 3.8) is 0 Å². The average molecular weight is 384 g/mol. The molecule has 0 fully saturated rings. The molecule has 0 bridgehead atoms. The lowest BCUT2D eigenvalue weighted by Crippen LogP contribution is -2.11. The summed E-state index contributed by atoms with van der Waals surface area (Å²) in [6, 6.07) is 5.99. The Morgan fingerprint density at radius 2 is 2.00 bits per heavy atom. The van der Waals surface area contributed by atoms with Crippen LogP contribution in [-0.4, -0.2) is 24.9 Å². The lowest BCUT2D eigenvalue weighted by atomic mass is 10.3. The van der Waals surface area contributed by atoms with Crippen molar-refractivity contribution in [1.82, 2.24) is 9.97 Å². The van der Waals surface area contributed by atoms with Gasteiger partial charge in [0.2, 0.25) is 16.0 Å². The molecule has 0 radical (unpaired) electrons. The fourth-order valence-corrected chi connectivity index (χ4v) is 2.42. The van der Waals surface area contributed by atoms with Gasteiger partial charge in [0.25, 0.3) is 0 Å². The molecule has 116 valence electrons. The van der Waals surface area contributed by atoms with Crippen molar-refractivity contribution < 1.29 is 8.42 Å². The van der Waals surface area contributed by atoms with Crippen LogP contribution in [0.4, 0.5) is 17.5 Å². The summed E-state index contributed by atoms with van der Waals surface area (Å²) in [5, 5.41) is 11.1. The first-order valence-electron chi connectivity index (χ1n) is 6.17. The molecule has 1 aromatic heterocycles. The van der Waals surface area contributed by atoms with Crippen molar-refractivity contribution >= 4 is 43.4 Å². The molecule has 0 amide bonds. The lowest BCUT2D eigenvalue weighted by molar-refractivity contribution is 0.598. The molecular formula is C13H14BrN5O2S. The Bertz CT molecular complexity index is 778. The van der Waals surface area contributed by atoms with Gasteiger partial charge in [0, 0.05) is 18.4 Å². The van der Waals surface area contributed by atoms with Gasteiger partial charge in [-0.25, -0.2) is 18.5 Å². The second kappa shape index (κ2) is 6.86. The van der Waals surface area contributed by atoms with Crippen LogP contribution in [0.15, 0.2) is 52.5 Å². The summed E-state index contributed by atoms with van der Waals surface area (Å²) < 4.78 is 23.1. The Labute approximate surface area is 136 Å². The van der Waals surface area contributed by atoms with Crippen LogP contribution in [0.5, 0.6) is 0 Å². The molecule has 9 heteroatoms. The smallest absolute Gasteiger partial charge is 0.238 e. The summed E-state index contributed by atoms with van der Waals surface area (Å²) >= 11 is 3.35. The number of hydrogen-bond acceptors (Lipinski definition) is 6. The normalized spacial score (nSPS) is 11.0. The van der Waals surface area contributed by atoms with E-state index in [0.717, 1.165) is 4.47 Å². The number of aromatic nitrogens is 2. The van der Waals surface area contributed by atoms with E-state index in [-0.39, 0.29) is 4.90 Å². The number of sulfonamides is 1. The average Bonchev–Trinajstić information content (AvgIpc) is 2.47. The second-order valence-electron chi connectivity index (χ2n) is 4.25. The number of rotatable bonds is 6. The van der Waals surface area contributed by atoms with E-state index in [0.29, 0.717) is 24.0 Å². The summed E-state index contributed by atoms with van der Waals surface area (Å²) in [5.41, 5.74) is 0.643.